The first kappa shape index (κ1) is 18.6. The molecule has 0 radical (unpaired) electrons. The Morgan fingerprint density at radius 2 is 1.67 bits per heavy atom. The third-order valence-electron chi connectivity index (χ3n) is 5.68. The third-order valence-corrected chi connectivity index (χ3v) is 7.57. The summed E-state index contributed by atoms with van der Waals surface area (Å²) in [4.78, 5) is 12.6. The van der Waals surface area contributed by atoms with E-state index >= 15 is 0 Å². The fourth-order valence-corrected chi connectivity index (χ4v) is 5.57. The molecule has 27 heavy (non-hydrogen) atoms. The molecule has 0 spiro atoms. The lowest BCUT2D eigenvalue weighted by atomic mass is 9.97. The van der Waals surface area contributed by atoms with Crippen LogP contribution >= 0.6 is 0 Å². The number of carbonyl (C=O) groups excluding carboxylic acids is 1. The molecule has 1 amide bonds. The van der Waals surface area contributed by atoms with E-state index in [0.717, 1.165) is 12.8 Å². The van der Waals surface area contributed by atoms with E-state index < -0.39 is 10.0 Å². The molecular formula is C19H26N2O5S. The molecule has 3 aliphatic rings. The van der Waals surface area contributed by atoms with E-state index in [1.165, 1.54) is 23.2 Å². The summed E-state index contributed by atoms with van der Waals surface area (Å²) >= 11 is 0. The Bertz CT molecular complexity index is 796. The topological polar surface area (TPSA) is 84.9 Å². The van der Waals surface area contributed by atoms with Crippen LogP contribution in [-0.4, -0.2) is 51.0 Å². The van der Waals surface area contributed by atoms with Gasteiger partial charge in [0.05, 0.1) is 4.90 Å². The van der Waals surface area contributed by atoms with Crippen LogP contribution in [0.1, 0.15) is 38.5 Å². The maximum absolute atomic E-state index is 13.0. The molecular weight excluding hydrogens is 368 g/mol. The molecule has 1 saturated heterocycles. The molecule has 2 fully saturated rings. The van der Waals surface area contributed by atoms with Crippen LogP contribution in [-0.2, 0) is 14.8 Å². The average Bonchev–Trinajstić information content (AvgIpc) is 3.20. The first-order valence-electron chi connectivity index (χ1n) is 9.74. The van der Waals surface area contributed by atoms with Gasteiger partial charge in [-0.25, -0.2) is 8.42 Å². The number of nitrogens with zero attached hydrogens (tertiary/aromatic N) is 1. The SMILES string of the molecule is O=C(NC1CCCC1)C1CCN(S(=O)(=O)c2ccc3c(c2)OCCO3)CC1. The molecule has 0 aromatic heterocycles. The molecule has 1 N–H and O–H groups in total. The highest BCUT2D eigenvalue weighted by molar-refractivity contribution is 7.89. The van der Waals surface area contributed by atoms with Gasteiger partial charge in [0, 0.05) is 31.1 Å². The standard InChI is InChI=1S/C19H26N2O5S/c22-19(20-15-3-1-2-4-15)14-7-9-21(10-8-14)27(23,24)16-5-6-17-18(13-16)26-12-11-25-17/h5-6,13-15H,1-4,7-12H2,(H,20,22). The van der Waals surface area contributed by atoms with Crippen LogP contribution in [0.5, 0.6) is 11.5 Å². The van der Waals surface area contributed by atoms with Crippen molar-refractivity contribution in [2.24, 2.45) is 5.92 Å². The second-order valence-corrected chi connectivity index (χ2v) is 9.41. The smallest absolute Gasteiger partial charge is 0.243 e. The fraction of sp³-hybridized carbons (Fsp3) is 0.632. The molecule has 1 aromatic carbocycles. The molecule has 2 aliphatic heterocycles. The monoisotopic (exact) mass is 394 g/mol. The van der Waals surface area contributed by atoms with E-state index in [1.54, 1.807) is 12.1 Å². The Balaban J connectivity index is 1.39. The van der Waals surface area contributed by atoms with Gasteiger partial charge >= 0.3 is 0 Å². The Hall–Kier alpha value is -1.80. The lowest BCUT2D eigenvalue weighted by Crippen LogP contribution is -2.44. The number of sulfonamides is 1. The van der Waals surface area contributed by atoms with Crippen LogP contribution in [0.15, 0.2) is 23.1 Å². The zero-order valence-electron chi connectivity index (χ0n) is 15.4. The summed E-state index contributed by atoms with van der Waals surface area (Å²) in [5, 5.41) is 3.13. The number of benzene rings is 1. The molecule has 4 rings (SSSR count). The minimum atomic E-state index is -3.60. The normalized spacial score (nSPS) is 21.9. The second-order valence-electron chi connectivity index (χ2n) is 7.47. The van der Waals surface area contributed by atoms with Gasteiger partial charge in [-0.15, -0.1) is 0 Å². The Kier molecular flexibility index (Phi) is 5.27. The van der Waals surface area contributed by atoms with Gasteiger partial charge in [-0.2, -0.15) is 4.31 Å². The molecule has 0 unspecified atom stereocenters. The Labute approximate surface area is 160 Å². The van der Waals surface area contributed by atoms with Gasteiger partial charge in [-0.3, -0.25) is 4.79 Å². The summed E-state index contributed by atoms with van der Waals surface area (Å²) in [5.41, 5.74) is 0. The van der Waals surface area contributed by atoms with Gasteiger partial charge in [0.1, 0.15) is 13.2 Å². The molecule has 0 bridgehead atoms. The van der Waals surface area contributed by atoms with Gasteiger partial charge in [0.15, 0.2) is 11.5 Å². The summed E-state index contributed by atoms with van der Waals surface area (Å²) in [6, 6.07) is 5.03. The van der Waals surface area contributed by atoms with Gasteiger partial charge in [-0.1, -0.05) is 12.8 Å². The maximum atomic E-state index is 13.0. The summed E-state index contributed by atoms with van der Waals surface area (Å²) in [7, 11) is -3.60. The number of hydrogen-bond acceptors (Lipinski definition) is 5. The van der Waals surface area contributed by atoms with Crippen LogP contribution in [0.3, 0.4) is 0 Å². The van der Waals surface area contributed by atoms with Gasteiger partial charge in [-0.05, 0) is 37.8 Å². The molecule has 0 atom stereocenters. The van der Waals surface area contributed by atoms with Crippen LogP contribution in [0, 0.1) is 5.92 Å². The summed E-state index contributed by atoms with van der Waals surface area (Å²) in [5.74, 6) is 1.02. The van der Waals surface area contributed by atoms with Gasteiger partial charge < -0.3 is 14.8 Å². The van der Waals surface area contributed by atoms with Crippen molar-refractivity contribution in [3.63, 3.8) is 0 Å². The Morgan fingerprint density at radius 3 is 2.37 bits per heavy atom. The fourth-order valence-electron chi connectivity index (χ4n) is 4.08. The summed E-state index contributed by atoms with van der Waals surface area (Å²) in [6.45, 7) is 1.60. The minimum Gasteiger partial charge on any atom is -0.486 e. The number of nitrogens with one attached hydrogen (secondary N) is 1. The van der Waals surface area contributed by atoms with E-state index in [1.807, 2.05) is 0 Å². The van der Waals surface area contributed by atoms with Gasteiger partial charge in [0.2, 0.25) is 15.9 Å². The van der Waals surface area contributed by atoms with Crippen molar-refractivity contribution >= 4 is 15.9 Å². The van der Waals surface area contributed by atoms with Crippen molar-refractivity contribution in [2.45, 2.75) is 49.5 Å². The highest BCUT2D eigenvalue weighted by atomic mass is 32.2. The van der Waals surface area contributed by atoms with Crippen molar-refractivity contribution in [1.82, 2.24) is 9.62 Å². The zero-order chi connectivity index (χ0) is 18.9. The van der Waals surface area contributed by atoms with Crippen LogP contribution in [0.4, 0.5) is 0 Å². The van der Waals surface area contributed by atoms with E-state index in [-0.39, 0.29) is 16.7 Å². The largest absolute Gasteiger partial charge is 0.486 e. The third kappa shape index (κ3) is 3.91. The van der Waals surface area contributed by atoms with Crippen molar-refractivity contribution in [2.75, 3.05) is 26.3 Å². The van der Waals surface area contributed by atoms with Crippen molar-refractivity contribution in [3.05, 3.63) is 18.2 Å². The highest BCUT2D eigenvalue weighted by Gasteiger charge is 2.33. The van der Waals surface area contributed by atoms with Gasteiger partial charge in [0.25, 0.3) is 0 Å². The number of rotatable bonds is 4. The van der Waals surface area contributed by atoms with E-state index in [4.69, 9.17) is 9.47 Å². The first-order chi connectivity index (χ1) is 13.0. The summed E-state index contributed by atoms with van der Waals surface area (Å²) < 4.78 is 38.3. The Morgan fingerprint density at radius 1 is 1.00 bits per heavy atom. The molecule has 1 aliphatic carbocycles. The molecule has 1 aromatic rings. The number of fused-ring (bicyclic) bond motifs is 1. The van der Waals surface area contributed by atoms with Crippen LogP contribution < -0.4 is 14.8 Å². The summed E-state index contributed by atoms with van der Waals surface area (Å²) in [6.07, 6.45) is 5.59. The number of piperidine rings is 1. The van der Waals surface area contributed by atoms with E-state index in [2.05, 4.69) is 5.32 Å². The predicted molar refractivity (Wildman–Crippen MR) is 99.3 cm³/mol. The number of ether oxygens (including phenoxy) is 2. The number of hydrogen-bond donors (Lipinski definition) is 1. The molecule has 7 nitrogen and oxygen atoms in total. The quantitative estimate of drug-likeness (QED) is 0.843. The van der Waals surface area contributed by atoms with Crippen LogP contribution in [0.2, 0.25) is 0 Å². The molecule has 2 heterocycles. The van der Waals surface area contributed by atoms with Crippen molar-refractivity contribution in [3.8, 4) is 11.5 Å². The highest BCUT2D eigenvalue weighted by Crippen LogP contribution is 2.34. The minimum absolute atomic E-state index is 0.0817. The average molecular weight is 394 g/mol. The van der Waals surface area contributed by atoms with Crippen molar-refractivity contribution in [1.29, 1.82) is 0 Å². The number of amides is 1. The molecule has 148 valence electrons. The van der Waals surface area contributed by atoms with Crippen LogP contribution in [0.25, 0.3) is 0 Å². The lowest BCUT2D eigenvalue weighted by molar-refractivity contribution is -0.126. The maximum Gasteiger partial charge on any atom is 0.243 e. The lowest BCUT2D eigenvalue weighted by Gasteiger charge is -2.31. The second kappa shape index (κ2) is 7.67. The first-order valence-corrected chi connectivity index (χ1v) is 11.2. The molecule has 8 heteroatoms. The molecule has 1 saturated carbocycles. The predicted octanol–water partition coefficient (Wildman–Crippen LogP) is 1.92. The zero-order valence-corrected chi connectivity index (χ0v) is 16.2. The van der Waals surface area contributed by atoms with E-state index in [9.17, 15) is 13.2 Å². The van der Waals surface area contributed by atoms with E-state index in [0.29, 0.717) is 56.7 Å². The van der Waals surface area contributed by atoms with Crippen molar-refractivity contribution < 1.29 is 22.7 Å². The number of carbonyl (C=O) groups is 1.